The zero-order valence-electron chi connectivity index (χ0n) is 14.3. The highest BCUT2D eigenvalue weighted by molar-refractivity contribution is 8.18. The van der Waals surface area contributed by atoms with Crippen molar-refractivity contribution >= 4 is 40.6 Å². The topological polar surface area (TPSA) is 108 Å². The molecule has 1 amide bonds. The number of para-hydroxylation sites is 1. The van der Waals surface area contributed by atoms with Crippen LogP contribution in [-0.2, 0) is 4.79 Å². The fourth-order valence-electron chi connectivity index (χ4n) is 2.38. The summed E-state index contributed by atoms with van der Waals surface area (Å²) in [5, 5.41) is 21.9. The molecule has 3 N–H and O–H groups in total. The van der Waals surface area contributed by atoms with E-state index in [-0.39, 0.29) is 22.9 Å². The van der Waals surface area contributed by atoms with Crippen molar-refractivity contribution in [3.05, 3.63) is 58.5 Å². The third kappa shape index (κ3) is 4.29. The number of aromatic carboxylic acids is 1. The van der Waals surface area contributed by atoms with Gasteiger partial charge in [-0.25, -0.2) is 9.79 Å². The lowest BCUT2D eigenvalue weighted by molar-refractivity contribution is -0.115. The third-order valence-corrected chi connectivity index (χ3v) is 4.50. The standard InChI is InChI=1S/C19H16N2O5S/c1-2-26-15-9-11(7-8-14(15)22)10-16-17(23)21-19(27-16)20-13-6-4-3-5-12(13)18(24)25/h3-10,22H,2H2,1H3,(H,24,25)(H,20,21,23)/b16-10-. The minimum absolute atomic E-state index is 0.0232. The Labute approximate surface area is 159 Å². The lowest BCUT2D eigenvalue weighted by Crippen LogP contribution is -2.19. The average Bonchev–Trinajstić information content (AvgIpc) is 2.97. The molecule has 138 valence electrons. The van der Waals surface area contributed by atoms with E-state index in [0.717, 1.165) is 11.8 Å². The van der Waals surface area contributed by atoms with Crippen molar-refractivity contribution in [3.8, 4) is 11.5 Å². The van der Waals surface area contributed by atoms with Gasteiger partial charge in [-0.15, -0.1) is 0 Å². The second kappa shape index (κ2) is 7.96. The van der Waals surface area contributed by atoms with Gasteiger partial charge in [-0.3, -0.25) is 4.79 Å². The number of aromatic hydroxyl groups is 1. The summed E-state index contributed by atoms with van der Waals surface area (Å²) < 4.78 is 5.34. The number of aliphatic imine (C=N–C) groups is 1. The summed E-state index contributed by atoms with van der Waals surface area (Å²) in [6.45, 7) is 2.21. The molecule has 0 atom stereocenters. The number of carboxylic acids is 1. The number of hydrogen-bond acceptors (Lipinski definition) is 6. The number of amides is 1. The molecule has 2 aromatic rings. The fraction of sp³-hybridized carbons (Fsp3) is 0.105. The molecule has 1 heterocycles. The van der Waals surface area contributed by atoms with Gasteiger partial charge in [-0.1, -0.05) is 18.2 Å². The number of ether oxygens (including phenoxy) is 1. The Morgan fingerprint density at radius 2 is 2.07 bits per heavy atom. The molecule has 0 aliphatic carbocycles. The summed E-state index contributed by atoms with van der Waals surface area (Å²) in [4.78, 5) is 28.1. The van der Waals surface area contributed by atoms with Crippen LogP contribution < -0.4 is 10.1 Å². The van der Waals surface area contributed by atoms with E-state index < -0.39 is 5.97 Å². The Bertz CT molecular complexity index is 968. The number of carboxylic acid groups (broad SMARTS) is 1. The van der Waals surface area contributed by atoms with Gasteiger partial charge in [0.1, 0.15) is 0 Å². The Kier molecular flexibility index (Phi) is 5.46. The highest BCUT2D eigenvalue weighted by atomic mass is 32.2. The Hall–Kier alpha value is -3.26. The molecule has 3 rings (SSSR count). The van der Waals surface area contributed by atoms with E-state index in [4.69, 9.17) is 4.74 Å². The van der Waals surface area contributed by atoms with Crippen molar-refractivity contribution in [1.82, 2.24) is 5.32 Å². The van der Waals surface area contributed by atoms with Crippen molar-refractivity contribution in [1.29, 1.82) is 0 Å². The average molecular weight is 384 g/mol. The van der Waals surface area contributed by atoms with Crippen LogP contribution in [0.15, 0.2) is 52.4 Å². The number of nitrogens with zero attached hydrogens (tertiary/aromatic N) is 1. The fourth-order valence-corrected chi connectivity index (χ4v) is 3.22. The first-order chi connectivity index (χ1) is 13.0. The van der Waals surface area contributed by atoms with Crippen molar-refractivity contribution in [3.63, 3.8) is 0 Å². The van der Waals surface area contributed by atoms with E-state index >= 15 is 0 Å². The minimum atomic E-state index is -1.09. The van der Waals surface area contributed by atoms with Gasteiger partial charge in [0.2, 0.25) is 0 Å². The van der Waals surface area contributed by atoms with Crippen LogP contribution >= 0.6 is 11.8 Å². The molecule has 1 saturated heterocycles. The second-order valence-corrected chi connectivity index (χ2v) is 6.49. The number of phenols is 1. The summed E-state index contributed by atoms with van der Waals surface area (Å²) in [7, 11) is 0. The summed E-state index contributed by atoms with van der Waals surface area (Å²) >= 11 is 1.11. The summed E-state index contributed by atoms with van der Waals surface area (Å²) in [6, 6.07) is 11.1. The van der Waals surface area contributed by atoms with E-state index in [0.29, 0.717) is 28.0 Å². The Morgan fingerprint density at radius 3 is 2.81 bits per heavy atom. The molecular formula is C19H16N2O5S. The van der Waals surface area contributed by atoms with E-state index in [1.807, 2.05) is 6.92 Å². The van der Waals surface area contributed by atoms with Crippen LogP contribution in [0, 0.1) is 0 Å². The van der Waals surface area contributed by atoms with Crippen molar-refractivity contribution in [2.75, 3.05) is 6.61 Å². The maximum absolute atomic E-state index is 12.2. The summed E-state index contributed by atoms with van der Waals surface area (Å²) in [6.07, 6.45) is 1.65. The first-order valence-corrected chi connectivity index (χ1v) is 8.87. The van der Waals surface area contributed by atoms with Gasteiger partial charge in [0.25, 0.3) is 5.91 Å². The molecule has 7 nitrogen and oxygen atoms in total. The van der Waals surface area contributed by atoms with Crippen LogP contribution in [0.1, 0.15) is 22.8 Å². The predicted octanol–water partition coefficient (Wildman–Crippen LogP) is 3.38. The van der Waals surface area contributed by atoms with Gasteiger partial charge in [-0.2, -0.15) is 0 Å². The quantitative estimate of drug-likeness (QED) is 0.682. The van der Waals surface area contributed by atoms with Crippen LogP contribution in [0.5, 0.6) is 11.5 Å². The third-order valence-electron chi connectivity index (χ3n) is 3.59. The van der Waals surface area contributed by atoms with E-state index in [1.54, 1.807) is 36.4 Å². The number of thioether (sulfide) groups is 1. The number of rotatable bonds is 5. The van der Waals surface area contributed by atoms with E-state index in [9.17, 15) is 19.8 Å². The number of benzene rings is 2. The molecule has 0 aromatic heterocycles. The van der Waals surface area contributed by atoms with Gasteiger partial charge >= 0.3 is 5.97 Å². The van der Waals surface area contributed by atoms with Crippen molar-refractivity contribution in [2.45, 2.75) is 6.92 Å². The van der Waals surface area contributed by atoms with Gasteiger partial charge in [0.05, 0.1) is 22.8 Å². The van der Waals surface area contributed by atoms with Crippen molar-refractivity contribution < 1.29 is 24.5 Å². The maximum atomic E-state index is 12.2. The van der Waals surface area contributed by atoms with Crippen LogP contribution in [0.4, 0.5) is 5.69 Å². The van der Waals surface area contributed by atoms with Crippen LogP contribution in [-0.4, -0.2) is 33.9 Å². The van der Waals surface area contributed by atoms with Gasteiger partial charge in [0, 0.05) is 0 Å². The monoisotopic (exact) mass is 384 g/mol. The Morgan fingerprint density at radius 1 is 1.30 bits per heavy atom. The molecule has 0 spiro atoms. The number of nitrogens with one attached hydrogen (secondary N) is 1. The smallest absolute Gasteiger partial charge is 0.337 e. The van der Waals surface area contributed by atoms with Gasteiger partial charge < -0.3 is 20.3 Å². The number of amidine groups is 1. The number of carbonyl (C=O) groups is 2. The van der Waals surface area contributed by atoms with Crippen LogP contribution in [0.3, 0.4) is 0 Å². The van der Waals surface area contributed by atoms with Crippen LogP contribution in [0.25, 0.3) is 6.08 Å². The highest BCUT2D eigenvalue weighted by Crippen LogP contribution is 2.32. The molecule has 1 aliphatic heterocycles. The second-order valence-electron chi connectivity index (χ2n) is 5.46. The molecule has 0 saturated carbocycles. The Balaban J connectivity index is 1.87. The normalized spacial score (nSPS) is 16.6. The lowest BCUT2D eigenvalue weighted by Gasteiger charge is -2.06. The zero-order chi connectivity index (χ0) is 19.4. The first-order valence-electron chi connectivity index (χ1n) is 8.05. The molecule has 1 fully saturated rings. The molecule has 27 heavy (non-hydrogen) atoms. The molecular weight excluding hydrogens is 368 g/mol. The molecule has 2 aromatic carbocycles. The largest absolute Gasteiger partial charge is 0.504 e. The lowest BCUT2D eigenvalue weighted by atomic mass is 10.2. The highest BCUT2D eigenvalue weighted by Gasteiger charge is 2.24. The van der Waals surface area contributed by atoms with Gasteiger partial charge in [-0.05, 0) is 54.6 Å². The molecule has 0 bridgehead atoms. The maximum Gasteiger partial charge on any atom is 0.337 e. The first kappa shape index (κ1) is 18.5. The summed E-state index contributed by atoms with van der Waals surface area (Å²) in [5.74, 6) is -1.07. The summed E-state index contributed by atoms with van der Waals surface area (Å²) in [5.41, 5.74) is 0.996. The molecule has 0 unspecified atom stereocenters. The zero-order valence-corrected chi connectivity index (χ0v) is 15.1. The van der Waals surface area contributed by atoms with Crippen LogP contribution in [0.2, 0.25) is 0 Å². The number of carbonyl (C=O) groups excluding carboxylic acids is 1. The predicted molar refractivity (Wildman–Crippen MR) is 103 cm³/mol. The molecule has 1 aliphatic rings. The van der Waals surface area contributed by atoms with Crippen molar-refractivity contribution in [2.24, 2.45) is 4.99 Å². The SMILES string of the molecule is CCOc1cc(/C=C2\SC(=Nc3ccccc3C(=O)O)NC2=O)ccc1O. The number of hydrogen-bond donors (Lipinski definition) is 3. The number of phenolic OH excluding ortho intramolecular Hbond substituents is 1. The van der Waals surface area contributed by atoms with Gasteiger partial charge in [0.15, 0.2) is 16.7 Å². The van der Waals surface area contributed by atoms with E-state index in [1.165, 1.54) is 12.1 Å². The minimum Gasteiger partial charge on any atom is -0.504 e. The van der Waals surface area contributed by atoms with E-state index in [2.05, 4.69) is 10.3 Å². The molecule has 8 heteroatoms. The molecule has 0 radical (unpaired) electrons.